The normalized spacial score (nSPS) is 15.8. The lowest BCUT2D eigenvalue weighted by Gasteiger charge is -2.27. The van der Waals surface area contributed by atoms with Crippen LogP contribution in [0.15, 0.2) is 101 Å². The number of fused-ring (bicyclic) bond motifs is 1. The molecule has 0 saturated carbocycles. The average molecular weight is 453 g/mol. The predicted octanol–water partition coefficient (Wildman–Crippen LogP) is 4.84. The summed E-state index contributed by atoms with van der Waals surface area (Å²) in [5.74, 6) is -2.89. The second-order valence-electron chi connectivity index (χ2n) is 7.97. The first-order valence-corrected chi connectivity index (χ1v) is 10.6. The number of carbonyl (C=O) groups is 3. The number of aliphatic carboxylic acids is 1. The molecule has 1 atom stereocenters. The molecule has 0 saturated heterocycles. The number of ketones is 1. The van der Waals surface area contributed by atoms with Crippen molar-refractivity contribution in [2.24, 2.45) is 0 Å². The van der Waals surface area contributed by atoms with Crippen LogP contribution in [-0.2, 0) is 16.0 Å². The zero-order valence-corrected chi connectivity index (χ0v) is 17.8. The van der Waals surface area contributed by atoms with Crippen LogP contribution in [0.1, 0.15) is 27.7 Å². The molecule has 0 spiro atoms. The smallest absolute Gasteiger partial charge is 0.307 e. The zero-order valence-electron chi connectivity index (χ0n) is 17.8. The Morgan fingerprint density at radius 1 is 0.912 bits per heavy atom. The fourth-order valence-electron chi connectivity index (χ4n) is 4.23. The van der Waals surface area contributed by atoms with Crippen molar-refractivity contribution in [3.63, 3.8) is 0 Å². The van der Waals surface area contributed by atoms with Crippen LogP contribution in [0, 0.1) is 0 Å². The lowest BCUT2D eigenvalue weighted by atomic mass is 9.94. The number of carbonyl (C=O) groups excluding carboxylic acids is 2. The van der Waals surface area contributed by atoms with Gasteiger partial charge in [0, 0.05) is 11.1 Å². The third-order valence-electron chi connectivity index (χ3n) is 5.79. The molecule has 1 aliphatic rings. The van der Waals surface area contributed by atoms with Crippen LogP contribution in [0.3, 0.4) is 0 Å². The van der Waals surface area contributed by atoms with Crippen molar-refractivity contribution in [2.75, 3.05) is 4.90 Å². The monoisotopic (exact) mass is 453 g/mol. The van der Waals surface area contributed by atoms with Gasteiger partial charge in [-0.05, 0) is 35.4 Å². The molecule has 5 rings (SSSR count). The van der Waals surface area contributed by atoms with E-state index in [0.29, 0.717) is 22.4 Å². The predicted molar refractivity (Wildman–Crippen MR) is 125 cm³/mol. The number of benzene rings is 3. The van der Waals surface area contributed by atoms with Crippen molar-refractivity contribution in [3.05, 3.63) is 113 Å². The van der Waals surface area contributed by atoms with E-state index < -0.39 is 29.5 Å². The largest absolute Gasteiger partial charge is 0.503 e. The molecule has 0 radical (unpaired) electrons. The summed E-state index contributed by atoms with van der Waals surface area (Å²) in [5.41, 5.74) is 2.07. The van der Waals surface area contributed by atoms with E-state index >= 15 is 0 Å². The number of nitrogens with zero attached hydrogens (tertiary/aromatic N) is 1. The Morgan fingerprint density at radius 3 is 2.26 bits per heavy atom. The number of para-hydroxylation sites is 1. The Bertz CT molecular complexity index is 1420. The molecule has 1 aromatic heterocycles. The maximum atomic E-state index is 13.6. The van der Waals surface area contributed by atoms with Gasteiger partial charge < -0.3 is 14.6 Å². The maximum Gasteiger partial charge on any atom is 0.307 e. The molecule has 0 aliphatic carbocycles. The first-order chi connectivity index (χ1) is 16.4. The Balaban J connectivity index is 1.60. The highest BCUT2D eigenvalue weighted by Crippen LogP contribution is 2.42. The van der Waals surface area contributed by atoms with Crippen molar-refractivity contribution in [3.8, 4) is 0 Å². The van der Waals surface area contributed by atoms with Crippen molar-refractivity contribution in [1.82, 2.24) is 0 Å². The average Bonchev–Trinajstić information content (AvgIpc) is 3.39. The summed E-state index contributed by atoms with van der Waals surface area (Å²) < 4.78 is 5.72. The van der Waals surface area contributed by atoms with Crippen molar-refractivity contribution >= 4 is 34.3 Å². The number of amides is 1. The summed E-state index contributed by atoms with van der Waals surface area (Å²) >= 11 is 0. The summed E-state index contributed by atoms with van der Waals surface area (Å²) in [6.07, 6.45) is -0.157. The van der Waals surface area contributed by atoms with E-state index in [0.717, 1.165) is 5.39 Å². The molecule has 7 heteroatoms. The second-order valence-corrected chi connectivity index (χ2v) is 7.97. The molecule has 3 aromatic carbocycles. The van der Waals surface area contributed by atoms with Crippen LogP contribution in [0.2, 0.25) is 0 Å². The number of carboxylic acids is 1. The highest BCUT2D eigenvalue weighted by molar-refractivity contribution is 6.20. The van der Waals surface area contributed by atoms with E-state index in [4.69, 9.17) is 9.52 Å². The summed E-state index contributed by atoms with van der Waals surface area (Å²) in [4.78, 5) is 39.1. The summed E-state index contributed by atoms with van der Waals surface area (Å²) in [7, 11) is 0. The van der Waals surface area contributed by atoms with Crippen LogP contribution in [0.4, 0.5) is 5.69 Å². The number of furan rings is 1. The molecular weight excluding hydrogens is 434 g/mol. The highest BCUT2D eigenvalue weighted by atomic mass is 16.4. The number of Topliss-reactive ketones (excluding diaryl/α,β-unsaturated/α-hetero) is 1. The molecule has 2 N–H and O–H groups in total. The lowest BCUT2D eigenvalue weighted by molar-refractivity contribution is -0.136. The highest BCUT2D eigenvalue weighted by Gasteiger charge is 2.45. The number of rotatable bonds is 6. The third-order valence-corrected chi connectivity index (χ3v) is 5.79. The second kappa shape index (κ2) is 8.37. The fourth-order valence-corrected chi connectivity index (χ4v) is 4.23. The van der Waals surface area contributed by atoms with Gasteiger partial charge in [-0.25, -0.2) is 0 Å². The van der Waals surface area contributed by atoms with E-state index in [1.54, 1.807) is 66.7 Å². The molecule has 1 amide bonds. The molecule has 1 aliphatic heterocycles. The van der Waals surface area contributed by atoms with E-state index in [2.05, 4.69) is 0 Å². The molecule has 0 fully saturated rings. The molecule has 2 heterocycles. The first kappa shape index (κ1) is 21.2. The number of carboxylic acid groups (broad SMARTS) is 1. The van der Waals surface area contributed by atoms with Gasteiger partial charge in [-0.15, -0.1) is 0 Å². The molecule has 34 heavy (non-hydrogen) atoms. The van der Waals surface area contributed by atoms with E-state index in [1.807, 2.05) is 18.2 Å². The van der Waals surface area contributed by atoms with Gasteiger partial charge in [0.15, 0.2) is 11.5 Å². The van der Waals surface area contributed by atoms with Gasteiger partial charge in [0.1, 0.15) is 5.58 Å². The number of aliphatic hydroxyl groups is 1. The van der Waals surface area contributed by atoms with Gasteiger partial charge in [-0.3, -0.25) is 19.3 Å². The SMILES string of the molecule is O=C(O)Cc1ccc(N2C(=O)C(O)=C(C(=O)c3cc4ccccc4o3)C2c2ccccc2)cc1. The molecule has 0 bridgehead atoms. The van der Waals surface area contributed by atoms with Crippen LogP contribution in [-0.4, -0.2) is 27.9 Å². The van der Waals surface area contributed by atoms with E-state index in [9.17, 15) is 19.5 Å². The number of hydrogen-bond acceptors (Lipinski definition) is 5. The van der Waals surface area contributed by atoms with Crippen LogP contribution >= 0.6 is 0 Å². The van der Waals surface area contributed by atoms with Crippen molar-refractivity contribution in [1.29, 1.82) is 0 Å². The number of aliphatic hydroxyl groups excluding tert-OH is 1. The van der Waals surface area contributed by atoms with Crippen LogP contribution < -0.4 is 4.90 Å². The summed E-state index contributed by atoms with van der Waals surface area (Å²) in [5, 5.41) is 20.6. The van der Waals surface area contributed by atoms with Gasteiger partial charge in [-0.2, -0.15) is 0 Å². The topological polar surface area (TPSA) is 108 Å². The zero-order chi connectivity index (χ0) is 23.8. The Kier molecular flexibility index (Phi) is 5.22. The van der Waals surface area contributed by atoms with Gasteiger partial charge in [-0.1, -0.05) is 60.7 Å². The third kappa shape index (κ3) is 3.63. The Morgan fingerprint density at radius 2 is 1.59 bits per heavy atom. The van der Waals surface area contributed by atoms with E-state index in [1.165, 1.54) is 4.90 Å². The van der Waals surface area contributed by atoms with Gasteiger partial charge in [0.25, 0.3) is 5.91 Å². The molecule has 4 aromatic rings. The van der Waals surface area contributed by atoms with Crippen molar-refractivity contribution in [2.45, 2.75) is 12.5 Å². The molecule has 1 unspecified atom stereocenters. The maximum absolute atomic E-state index is 13.6. The molecular formula is C27H19NO6. The lowest BCUT2D eigenvalue weighted by Crippen LogP contribution is -2.31. The van der Waals surface area contributed by atoms with Crippen LogP contribution in [0.5, 0.6) is 0 Å². The molecule has 7 nitrogen and oxygen atoms in total. The van der Waals surface area contributed by atoms with Crippen molar-refractivity contribution < 1.29 is 29.0 Å². The number of anilines is 1. The standard InChI is InChI=1S/C27H19NO6/c29-22(30)14-16-10-12-19(13-11-16)28-24(17-6-2-1-3-7-17)23(26(32)27(28)33)25(31)21-15-18-8-4-5-9-20(18)34-21/h1-13,15,24,32H,14H2,(H,29,30). The fraction of sp³-hybridized carbons (Fsp3) is 0.0741. The van der Waals surface area contributed by atoms with E-state index in [-0.39, 0.29) is 17.8 Å². The van der Waals surface area contributed by atoms with Crippen LogP contribution in [0.25, 0.3) is 11.0 Å². The minimum Gasteiger partial charge on any atom is -0.503 e. The summed E-state index contributed by atoms with van der Waals surface area (Å²) in [6.45, 7) is 0. The van der Waals surface area contributed by atoms with Gasteiger partial charge >= 0.3 is 5.97 Å². The Labute approximate surface area is 194 Å². The van der Waals surface area contributed by atoms with Gasteiger partial charge in [0.05, 0.1) is 18.0 Å². The minimum absolute atomic E-state index is 0.0233. The molecule has 168 valence electrons. The van der Waals surface area contributed by atoms with Gasteiger partial charge in [0.2, 0.25) is 5.78 Å². The number of hydrogen-bond donors (Lipinski definition) is 2. The summed E-state index contributed by atoms with van der Waals surface area (Å²) in [6, 6.07) is 23.2. The first-order valence-electron chi connectivity index (χ1n) is 10.6. The Hall–Kier alpha value is -4.65. The minimum atomic E-state index is -0.967. The quantitative estimate of drug-likeness (QED) is 0.405.